The third-order valence-corrected chi connectivity index (χ3v) is 5.09. The molecule has 0 amide bonds. The normalized spacial score (nSPS) is 22.9. The van der Waals surface area contributed by atoms with Gasteiger partial charge in [-0.2, -0.15) is 0 Å². The molecule has 0 saturated carbocycles. The van der Waals surface area contributed by atoms with Crippen LogP contribution in [0.1, 0.15) is 34.6 Å². The van der Waals surface area contributed by atoms with Crippen LogP contribution in [-0.2, 0) is 11.3 Å². The number of hydrogen-bond donors (Lipinski definition) is 1. The van der Waals surface area contributed by atoms with Crippen LogP contribution in [0.2, 0.25) is 0 Å². The van der Waals surface area contributed by atoms with E-state index >= 15 is 0 Å². The molecular weight excluding hydrogens is 294 g/mol. The SMILES string of the molecule is Cc1ccc(C)c(C2CN(Cc3cnc(N)s3)C(C)CO2)c1. The quantitative estimate of drug-likeness (QED) is 0.943. The maximum absolute atomic E-state index is 6.11. The van der Waals surface area contributed by atoms with Gasteiger partial charge in [0.2, 0.25) is 0 Å². The van der Waals surface area contributed by atoms with Gasteiger partial charge in [-0.1, -0.05) is 23.8 Å². The fraction of sp³-hybridized carbons (Fsp3) is 0.471. The van der Waals surface area contributed by atoms with Crippen molar-refractivity contribution in [2.45, 2.75) is 39.5 Å². The molecule has 2 N–H and O–H groups in total. The van der Waals surface area contributed by atoms with E-state index in [2.05, 4.69) is 48.9 Å². The minimum absolute atomic E-state index is 0.140. The number of rotatable bonds is 3. The van der Waals surface area contributed by atoms with Crippen LogP contribution in [0, 0.1) is 13.8 Å². The lowest BCUT2D eigenvalue weighted by Gasteiger charge is -2.38. The van der Waals surface area contributed by atoms with E-state index in [1.54, 1.807) is 11.3 Å². The first-order valence-electron chi connectivity index (χ1n) is 7.66. The fourth-order valence-corrected chi connectivity index (χ4v) is 3.63. The van der Waals surface area contributed by atoms with Crippen LogP contribution in [0.25, 0.3) is 0 Å². The number of ether oxygens (including phenoxy) is 1. The Hall–Kier alpha value is -1.43. The Kier molecular flexibility index (Phi) is 4.47. The second-order valence-corrected chi connectivity index (χ2v) is 7.27. The van der Waals surface area contributed by atoms with Gasteiger partial charge in [-0.05, 0) is 31.9 Å². The summed E-state index contributed by atoms with van der Waals surface area (Å²) in [6, 6.07) is 6.99. The van der Waals surface area contributed by atoms with E-state index in [4.69, 9.17) is 10.5 Å². The van der Waals surface area contributed by atoms with Crippen molar-refractivity contribution in [2.75, 3.05) is 18.9 Å². The Morgan fingerprint density at radius 1 is 1.41 bits per heavy atom. The van der Waals surface area contributed by atoms with E-state index < -0.39 is 0 Å². The highest BCUT2D eigenvalue weighted by atomic mass is 32.1. The first kappa shape index (κ1) is 15.5. The molecule has 0 radical (unpaired) electrons. The Labute approximate surface area is 135 Å². The molecule has 2 aromatic rings. The van der Waals surface area contributed by atoms with Crippen molar-refractivity contribution in [3.05, 3.63) is 46.0 Å². The molecule has 0 aliphatic carbocycles. The summed E-state index contributed by atoms with van der Waals surface area (Å²) in [6.07, 6.45) is 2.02. The Balaban J connectivity index is 1.76. The molecule has 3 rings (SSSR count). The summed E-state index contributed by atoms with van der Waals surface area (Å²) in [5.41, 5.74) is 9.62. The lowest BCUT2D eigenvalue weighted by molar-refractivity contribution is -0.0632. The number of aryl methyl sites for hydroxylation is 2. The molecule has 1 fully saturated rings. The zero-order chi connectivity index (χ0) is 15.7. The predicted molar refractivity (Wildman–Crippen MR) is 91.0 cm³/mol. The molecule has 1 aromatic carbocycles. The summed E-state index contributed by atoms with van der Waals surface area (Å²) in [7, 11) is 0. The summed E-state index contributed by atoms with van der Waals surface area (Å²) in [5.74, 6) is 0. The second kappa shape index (κ2) is 6.36. The third kappa shape index (κ3) is 3.32. The number of nitrogens with two attached hydrogens (primary N) is 1. The Morgan fingerprint density at radius 3 is 2.95 bits per heavy atom. The van der Waals surface area contributed by atoms with Crippen LogP contribution in [0.15, 0.2) is 24.4 Å². The van der Waals surface area contributed by atoms with Crippen LogP contribution < -0.4 is 5.73 Å². The van der Waals surface area contributed by atoms with Crippen LogP contribution in [0.4, 0.5) is 5.13 Å². The third-order valence-electron chi connectivity index (χ3n) is 4.27. The number of hydrogen-bond acceptors (Lipinski definition) is 5. The number of aromatic nitrogens is 1. The van der Waals surface area contributed by atoms with Crippen LogP contribution in [0.5, 0.6) is 0 Å². The number of morpholine rings is 1. The molecule has 1 aliphatic heterocycles. The standard InChI is InChI=1S/C17H23N3OS/c1-11-4-5-12(2)15(6-11)16-9-20(13(3)10-21-16)8-14-7-19-17(18)22-14/h4-7,13,16H,8-10H2,1-3H3,(H2,18,19). The molecule has 0 bridgehead atoms. The molecule has 2 atom stereocenters. The van der Waals surface area contributed by atoms with E-state index in [-0.39, 0.29) is 6.10 Å². The number of nitrogen functional groups attached to an aromatic ring is 1. The molecule has 0 spiro atoms. The van der Waals surface area contributed by atoms with Gasteiger partial charge in [-0.3, -0.25) is 4.90 Å². The minimum Gasteiger partial charge on any atom is -0.375 e. The van der Waals surface area contributed by atoms with Crippen molar-refractivity contribution in [3.8, 4) is 0 Å². The number of nitrogens with zero attached hydrogens (tertiary/aromatic N) is 2. The molecule has 22 heavy (non-hydrogen) atoms. The summed E-state index contributed by atoms with van der Waals surface area (Å²) in [6.45, 7) is 9.05. The first-order valence-corrected chi connectivity index (χ1v) is 8.47. The molecular formula is C17H23N3OS. The van der Waals surface area contributed by atoms with Crippen molar-refractivity contribution in [2.24, 2.45) is 0 Å². The number of anilines is 1. The zero-order valence-electron chi connectivity index (χ0n) is 13.4. The van der Waals surface area contributed by atoms with Gasteiger partial charge in [-0.15, -0.1) is 11.3 Å². The number of benzene rings is 1. The molecule has 1 aliphatic rings. The second-order valence-electron chi connectivity index (χ2n) is 6.13. The van der Waals surface area contributed by atoms with Gasteiger partial charge < -0.3 is 10.5 Å². The highest BCUT2D eigenvalue weighted by molar-refractivity contribution is 7.15. The average molecular weight is 317 g/mol. The fourth-order valence-electron chi connectivity index (χ4n) is 2.92. The highest BCUT2D eigenvalue weighted by Gasteiger charge is 2.28. The van der Waals surface area contributed by atoms with Gasteiger partial charge in [0.25, 0.3) is 0 Å². The predicted octanol–water partition coefficient (Wildman–Crippen LogP) is 3.30. The van der Waals surface area contributed by atoms with E-state index in [1.807, 2.05) is 6.20 Å². The molecule has 1 saturated heterocycles. The monoisotopic (exact) mass is 317 g/mol. The van der Waals surface area contributed by atoms with E-state index in [0.29, 0.717) is 11.2 Å². The van der Waals surface area contributed by atoms with Crippen molar-refractivity contribution in [1.82, 2.24) is 9.88 Å². The topological polar surface area (TPSA) is 51.4 Å². The molecule has 5 heteroatoms. The lowest BCUT2D eigenvalue weighted by Crippen LogP contribution is -2.44. The van der Waals surface area contributed by atoms with E-state index in [1.165, 1.54) is 21.6 Å². The molecule has 1 aromatic heterocycles. The van der Waals surface area contributed by atoms with E-state index in [0.717, 1.165) is 19.7 Å². The van der Waals surface area contributed by atoms with Gasteiger partial charge >= 0.3 is 0 Å². The maximum Gasteiger partial charge on any atom is 0.180 e. The average Bonchev–Trinajstić information content (AvgIpc) is 2.89. The Morgan fingerprint density at radius 2 is 2.23 bits per heavy atom. The molecule has 4 nitrogen and oxygen atoms in total. The summed E-state index contributed by atoms with van der Waals surface area (Å²) in [4.78, 5) is 7.82. The number of thiazole rings is 1. The van der Waals surface area contributed by atoms with Crippen molar-refractivity contribution in [1.29, 1.82) is 0 Å². The van der Waals surface area contributed by atoms with Crippen LogP contribution in [0.3, 0.4) is 0 Å². The maximum atomic E-state index is 6.11. The summed E-state index contributed by atoms with van der Waals surface area (Å²) < 4.78 is 6.11. The largest absolute Gasteiger partial charge is 0.375 e. The first-order chi connectivity index (χ1) is 10.5. The molecule has 2 heterocycles. The highest BCUT2D eigenvalue weighted by Crippen LogP contribution is 2.29. The van der Waals surface area contributed by atoms with E-state index in [9.17, 15) is 0 Å². The summed E-state index contributed by atoms with van der Waals surface area (Å²) in [5, 5.41) is 0.641. The van der Waals surface area contributed by atoms with Crippen molar-refractivity contribution < 1.29 is 4.74 Å². The molecule has 118 valence electrons. The van der Waals surface area contributed by atoms with Crippen LogP contribution in [-0.4, -0.2) is 29.1 Å². The van der Waals surface area contributed by atoms with Gasteiger partial charge in [0.1, 0.15) is 0 Å². The zero-order valence-corrected chi connectivity index (χ0v) is 14.2. The Bertz CT molecular complexity index is 655. The minimum atomic E-state index is 0.140. The summed E-state index contributed by atoms with van der Waals surface area (Å²) >= 11 is 1.57. The van der Waals surface area contributed by atoms with Crippen molar-refractivity contribution >= 4 is 16.5 Å². The van der Waals surface area contributed by atoms with Gasteiger partial charge in [-0.25, -0.2) is 4.98 Å². The smallest absolute Gasteiger partial charge is 0.180 e. The molecule has 2 unspecified atom stereocenters. The van der Waals surface area contributed by atoms with Gasteiger partial charge in [0, 0.05) is 30.2 Å². The van der Waals surface area contributed by atoms with Crippen LogP contribution >= 0.6 is 11.3 Å². The lowest BCUT2D eigenvalue weighted by atomic mass is 9.99. The van der Waals surface area contributed by atoms with Crippen molar-refractivity contribution in [3.63, 3.8) is 0 Å². The van der Waals surface area contributed by atoms with Gasteiger partial charge in [0.05, 0.1) is 12.7 Å². The van der Waals surface area contributed by atoms with Gasteiger partial charge in [0.15, 0.2) is 5.13 Å².